The second-order valence-electron chi connectivity index (χ2n) is 7.99. The van der Waals surface area contributed by atoms with Gasteiger partial charge in [0.05, 0.1) is 19.2 Å². The summed E-state index contributed by atoms with van der Waals surface area (Å²) in [6.07, 6.45) is 4.40. The van der Waals surface area contributed by atoms with Crippen LogP contribution in [0.25, 0.3) is 0 Å². The molecule has 1 fully saturated rings. The van der Waals surface area contributed by atoms with Crippen LogP contribution < -0.4 is 10.1 Å². The van der Waals surface area contributed by atoms with Crippen molar-refractivity contribution in [3.8, 4) is 5.75 Å². The van der Waals surface area contributed by atoms with Crippen molar-refractivity contribution in [3.63, 3.8) is 0 Å². The third-order valence-electron chi connectivity index (χ3n) is 5.92. The average Bonchev–Trinajstić information content (AvgIpc) is 3.36. The molecular formula is C24H26ClN5O3. The Morgan fingerprint density at radius 1 is 1.15 bits per heavy atom. The number of carbonyl (C=O) groups is 2. The second kappa shape index (κ2) is 10.5. The molecule has 1 aliphatic rings. The normalized spacial score (nSPS) is 14.2. The summed E-state index contributed by atoms with van der Waals surface area (Å²) in [4.78, 5) is 31.5. The fourth-order valence-corrected chi connectivity index (χ4v) is 4.23. The highest BCUT2D eigenvalue weighted by atomic mass is 35.5. The van der Waals surface area contributed by atoms with Crippen molar-refractivity contribution in [3.05, 3.63) is 76.8 Å². The number of methoxy groups -OCH3 is 1. The first-order valence-electron chi connectivity index (χ1n) is 10.8. The Kier molecular flexibility index (Phi) is 7.24. The summed E-state index contributed by atoms with van der Waals surface area (Å²) >= 11 is 6.07. The Bertz CT molecular complexity index is 1110. The van der Waals surface area contributed by atoms with E-state index < -0.39 is 0 Å². The van der Waals surface area contributed by atoms with E-state index in [4.69, 9.17) is 16.3 Å². The largest absolute Gasteiger partial charge is 0.496 e. The van der Waals surface area contributed by atoms with E-state index >= 15 is 0 Å². The Hall–Kier alpha value is -3.39. The van der Waals surface area contributed by atoms with Gasteiger partial charge in [0.2, 0.25) is 5.91 Å². The van der Waals surface area contributed by atoms with Crippen LogP contribution in [-0.2, 0) is 17.9 Å². The van der Waals surface area contributed by atoms with Gasteiger partial charge in [-0.1, -0.05) is 35.9 Å². The van der Waals surface area contributed by atoms with Gasteiger partial charge in [0.1, 0.15) is 18.4 Å². The standard InChI is InChI=1S/C24H26ClN5O3/c1-33-22-7-6-20(25)12-21(22)24(32)29-10-8-17(9-11-29)23(31)27-13-18-4-2-3-5-19(18)14-30-16-26-15-28-30/h2-7,12,15-17H,8-11,13-14H2,1H3,(H,27,31). The van der Waals surface area contributed by atoms with Crippen LogP contribution in [0.1, 0.15) is 34.3 Å². The predicted molar refractivity (Wildman–Crippen MR) is 124 cm³/mol. The van der Waals surface area contributed by atoms with Gasteiger partial charge in [-0.05, 0) is 42.2 Å². The summed E-state index contributed by atoms with van der Waals surface area (Å²) in [5.74, 6) is 0.250. The molecule has 33 heavy (non-hydrogen) atoms. The number of piperidine rings is 1. The fraction of sp³-hybridized carbons (Fsp3) is 0.333. The molecule has 3 aromatic rings. The molecule has 0 atom stereocenters. The minimum absolute atomic E-state index is 0.0120. The summed E-state index contributed by atoms with van der Waals surface area (Å²) in [5.41, 5.74) is 2.57. The lowest BCUT2D eigenvalue weighted by Crippen LogP contribution is -2.43. The maximum Gasteiger partial charge on any atom is 0.257 e. The minimum Gasteiger partial charge on any atom is -0.496 e. The van der Waals surface area contributed by atoms with E-state index in [0.29, 0.717) is 55.4 Å². The Labute approximate surface area is 197 Å². The quantitative estimate of drug-likeness (QED) is 0.576. The smallest absolute Gasteiger partial charge is 0.257 e. The molecule has 0 aliphatic carbocycles. The molecule has 0 bridgehead atoms. The van der Waals surface area contributed by atoms with Crippen molar-refractivity contribution in [2.45, 2.75) is 25.9 Å². The molecule has 1 saturated heterocycles. The SMILES string of the molecule is COc1ccc(Cl)cc1C(=O)N1CCC(C(=O)NCc2ccccc2Cn2cncn2)CC1. The van der Waals surface area contributed by atoms with Crippen molar-refractivity contribution in [1.29, 1.82) is 0 Å². The highest BCUT2D eigenvalue weighted by Crippen LogP contribution is 2.26. The van der Waals surface area contributed by atoms with E-state index in [9.17, 15) is 9.59 Å². The summed E-state index contributed by atoms with van der Waals surface area (Å²) in [6.45, 7) is 2.06. The number of likely N-dealkylation sites (tertiary alicyclic amines) is 1. The molecule has 1 aliphatic heterocycles. The Balaban J connectivity index is 1.32. The number of nitrogens with zero attached hydrogens (tertiary/aromatic N) is 4. The summed E-state index contributed by atoms with van der Waals surface area (Å²) in [7, 11) is 1.53. The second-order valence-corrected chi connectivity index (χ2v) is 8.43. The monoisotopic (exact) mass is 467 g/mol. The number of aromatic nitrogens is 3. The highest BCUT2D eigenvalue weighted by molar-refractivity contribution is 6.31. The number of ether oxygens (including phenoxy) is 1. The van der Waals surface area contributed by atoms with Crippen LogP contribution in [0.3, 0.4) is 0 Å². The highest BCUT2D eigenvalue weighted by Gasteiger charge is 2.29. The molecule has 2 aromatic carbocycles. The molecule has 0 unspecified atom stereocenters. The van der Waals surface area contributed by atoms with Crippen LogP contribution >= 0.6 is 11.6 Å². The third-order valence-corrected chi connectivity index (χ3v) is 6.15. The summed E-state index contributed by atoms with van der Waals surface area (Å²) < 4.78 is 7.06. The maximum absolute atomic E-state index is 13.0. The van der Waals surface area contributed by atoms with E-state index in [2.05, 4.69) is 15.4 Å². The number of hydrogen-bond donors (Lipinski definition) is 1. The molecule has 0 spiro atoms. The maximum atomic E-state index is 13.0. The number of halogens is 1. The number of rotatable bonds is 7. The van der Waals surface area contributed by atoms with Crippen molar-refractivity contribution in [1.82, 2.24) is 25.0 Å². The Morgan fingerprint density at radius 3 is 2.61 bits per heavy atom. The van der Waals surface area contributed by atoms with Gasteiger partial charge in [-0.15, -0.1) is 0 Å². The zero-order valence-corrected chi connectivity index (χ0v) is 19.2. The van der Waals surface area contributed by atoms with Crippen LogP contribution in [0.2, 0.25) is 5.02 Å². The van der Waals surface area contributed by atoms with Crippen molar-refractivity contribution in [2.75, 3.05) is 20.2 Å². The minimum atomic E-state index is -0.129. The number of hydrogen-bond acceptors (Lipinski definition) is 5. The third kappa shape index (κ3) is 5.51. The number of carbonyl (C=O) groups excluding carboxylic acids is 2. The zero-order chi connectivity index (χ0) is 23.2. The van der Waals surface area contributed by atoms with Gasteiger partial charge in [0.15, 0.2) is 0 Å². The van der Waals surface area contributed by atoms with Gasteiger partial charge >= 0.3 is 0 Å². The molecule has 172 valence electrons. The van der Waals surface area contributed by atoms with Gasteiger partial charge in [-0.2, -0.15) is 5.10 Å². The molecule has 1 N–H and O–H groups in total. The van der Waals surface area contributed by atoms with Crippen LogP contribution in [-0.4, -0.2) is 51.7 Å². The zero-order valence-electron chi connectivity index (χ0n) is 18.4. The van der Waals surface area contributed by atoms with Crippen LogP contribution in [0, 0.1) is 5.92 Å². The van der Waals surface area contributed by atoms with E-state index in [1.807, 2.05) is 24.3 Å². The van der Waals surface area contributed by atoms with E-state index in [1.165, 1.54) is 13.4 Å². The van der Waals surface area contributed by atoms with Crippen LogP contribution in [0.5, 0.6) is 5.75 Å². The average molecular weight is 468 g/mol. The van der Waals surface area contributed by atoms with Gasteiger partial charge in [-0.3, -0.25) is 9.59 Å². The molecule has 8 nitrogen and oxygen atoms in total. The predicted octanol–water partition coefficient (Wildman–Crippen LogP) is 3.16. The molecule has 0 saturated carbocycles. The lowest BCUT2D eigenvalue weighted by Gasteiger charge is -2.31. The first kappa shape index (κ1) is 22.8. The van der Waals surface area contributed by atoms with Gasteiger partial charge in [-0.25, -0.2) is 9.67 Å². The number of benzene rings is 2. The molecule has 9 heteroatoms. The lowest BCUT2D eigenvalue weighted by atomic mass is 9.95. The van der Waals surface area contributed by atoms with Crippen LogP contribution in [0.4, 0.5) is 0 Å². The molecule has 4 rings (SSSR count). The summed E-state index contributed by atoms with van der Waals surface area (Å²) in [5, 5.41) is 7.70. The lowest BCUT2D eigenvalue weighted by molar-refractivity contribution is -0.126. The van der Waals surface area contributed by atoms with E-state index in [0.717, 1.165) is 11.1 Å². The van der Waals surface area contributed by atoms with Gasteiger partial charge in [0, 0.05) is 30.6 Å². The molecular weight excluding hydrogens is 442 g/mol. The first-order chi connectivity index (χ1) is 16.0. The molecule has 2 heterocycles. The van der Waals surface area contributed by atoms with Crippen molar-refractivity contribution < 1.29 is 14.3 Å². The van der Waals surface area contributed by atoms with Gasteiger partial charge < -0.3 is 15.0 Å². The molecule has 2 amide bonds. The molecule has 1 aromatic heterocycles. The topological polar surface area (TPSA) is 89.4 Å². The first-order valence-corrected chi connectivity index (χ1v) is 11.2. The fourth-order valence-electron chi connectivity index (χ4n) is 4.06. The number of amides is 2. The van der Waals surface area contributed by atoms with Gasteiger partial charge in [0.25, 0.3) is 5.91 Å². The van der Waals surface area contributed by atoms with Crippen molar-refractivity contribution >= 4 is 23.4 Å². The number of nitrogens with one attached hydrogen (secondary N) is 1. The Morgan fingerprint density at radius 2 is 1.91 bits per heavy atom. The van der Waals surface area contributed by atoms with Crippen LogP contribution in [0.15, 0.2) is 55.1 Å². The van der Waals surface area contributed by atoms with Crippen molar-refractivity contribution in [2.24, 2.45) is 5.92 Å². The summed E-state index contributed by atoms with van der Waals surface area (Å²) in [6, 6.07) is 13.0. The van der Waals surface area contributed by atoms with E-state index in [1.54, 1.807) is 34.1 Å². The molecule has 0 radical (unpaired) electrons. The van der Waals surface area contributed by atoms with E-state index in [-0.39, 0.29) is 17.7 Å².